The highest BCUT2D eigenvalue weighted by Crippen LogP contribution is 2.47. The number of ether oxygens (including phenoxy) is 1. The molecule has 0 heterocycles. The van der Waals surface area contributed by atoms with Gasteiger partial charge in [0.25, 0.3) is 5.78 Å². The van der Waals surface area contributed by atoms with Crippen LogP contribution in [0.3, 0.4) is 0 Å². The summed E-state index contributed by atoms with van der Waals surface area (Å²) < 4.78 is 5.77. The molecule has 0 aromatic heterocycles. The van der Waals surface area contributed by atoms with Gasteiger partial charge in [-0.15, -0.1) is 0 Å². The Kier molecular flexibility index (Phi) is 10.6. The second kappa shape index (κ2) is 12.9. The van der Waals surface area contributed by atoms with Crippen molar-refractivity contribution in [1.82, 2.24) is 0 Å². The number of Topliss-reactive ketones (excluding diaryl/α,β-unsaturated/α-hetero) is 3. The second-order valence-corrected chi connectivity index (χ2v) is 10.8. The molecule has 35 heavy (non-hydrogen) atoms. The Hall–Kier alpha value is -2.57. The Labute approximate surface area is 208 Å². The maximum absolute atomic E-state index is 12.6. The molecule has 7 nitrogen and oxygen atoms in total. The van der Waals surface area contributed by atoms with E-state index in [1.54, 1.807) is 20.8 Å². The van der Waals surface area contributed by atoms with Gasteiger partial charge in [-0.25, -0.2) is 0 Å². The monoisotopic (exact) mass is 488 g/mol. The van der Waals surface area contributed by atoms with E-state index in [9.17, 15) is 24.0 Å². The topological polar surface area (TPSA) is 115 Å². The van der Waals surface area contributed by atoms with Crippen molar-refractivity contribution in [3.05, 3.63) is 24.3 Å². The van der Waals surface area contributed by atoms with Crippen LogP contribution in [0.25, 0.3) is 0 Å². The van der Waals surface area contributed by atoms with Crippen LogP contribution >= 0.6 is 0 Å². The number of hydrogen-bond acceptors (Lipinski definition) is 6. The molecule has 0 aliphatic heterocycles. The lowest BCUT2D eigenvalue weighted by Crippen LogP contribution is -2.38. The molecule has 0 aromatic carbocycles. The van der Waals surface area contributed by atoms with E-state index < -0.39 is 46.7 Å². The third-order valence-corrected chi connectivity index (χ3v) is 6.88. The molecule has 0 saturated heterocycles. The predicted octanol–water partition coefficient (Wildman–Crippen LogP) is 4.87. The summed E-state index contributed by atoms with van der Waals surface area (Å²) in [6, 6.07) is 0. The van der Waals surface area contributed by atoms with Crippen LogP contribution in [0, 0.1) is 29.1 Å². The highest BCUT2D eigenvalue weighted by Gasteiger charge is 2.55. The molecule has 194 valence electrons. The second-order valence-electron chi connectivity index (χ2n) is 10.8. The van der Waals surface area contributed by atoms with Gasteiger partial charge in [0, 0.05) is 18.3 Å². The Morgan fingerprint density at radius 1 is 1.00 bits per heavy atom. The fraction of sp³-hybridized carbons (Fsp3) is 0.679. The molecule has 0 spiro atoms. The normalized spacial score (nSPS) is 25.5. The Morgan fingerprint density at radius 3 is 2.20 bits per heavy atom. The minimum atomic E-state index is -0.902. The summed E-state index contributed by atoms with van der Waals surface area (Å²) in [5.41, 5.74) is -0.637. The van der Waals surface area contributed by atoms with Crippen LogP contribution in [0.15, 0.2) is 24.3 Å². The predicted molar refractivity (Wildman–Crippen MR) is 131 cm³/mol. The van der Waals surface area contributed by atoms with Crippen LogP contribution in [-0.4, -0.2) is 40.5 Å². The van der Waals surface area contributed by atoms with Crippen LogP contribution in [0.2, 0.25) is 0 Å². The summed E-state index contributed by atoms with van der Waals surface area (Å²) in [5, 5.41) is 8.77. The van der Waals surface area contributed by atoms with Gasteiger partial charge in [0.05, 0.1) is 5.41 Å². The van der Waals surface area contributed by atoms with Crippen LogP contribution < -0.4 is 0 Å². The molecule has 0 aromatic rings. The number of fused-ring (bicyclic) bond motifs is 2. The highest BCUT2D eigenvalue weighted by atomic mass is 16.5. The Bertz CT molecular complexity index is 861. The van der Waals surface area contributed by atoms with Gasteiger partial charge in [-0.2, -0.15) is 0 Å². The minimum absolute atomic E-state index is 0.113. The average Bonchev–Trinajstić information content (AvgIpc) is 3.12. The third kappa shape index (κ3) is 7.97. The van der Waals surface area contributed by atoms with Crippen molar-refractivity contribution in [3.8, 4) is 0 Å². The van der Waals surface area contributed by atoms with Gasteiger partial charge in [-0.1, -0.05) is 38.0 Å². The van der Waals surface area contributed by atoms with Crippen molar-refractivity contribution >= 4 is 29.3 Å². The van der Waals surface area contributed by atoms with E-state index in [0.717, 1.165) is 19.3 Å². The maximum Gasteiger partial charge on any atom is 0.311 e. The molecule has 5 atom stereocenters. The van der Waals surface area contributed by atoms with Gasteiger partial charge < -0.3 is 9.84 Å². The first kappa shape index (κ1) is 28.7. The highest BCUT2D eigenvalue weighted by molar-refractivity contribution is 6.65. The van der Waals surface area contributed by atoms with Gasteiger partial charge in [-0.05, 0) is 77.2 Å². The van der Waals surface area contributed by atoms with E-state index in [-0.39, 0.29) is 24.2 Å². The van der Waals surface area contributed by atoms with Crippen molar-refractivity contribution in [1.29, 1.82) is 0 Å². The van der Waals surface area contributed by atoms with Crippen molar-refractivity contribution in [2.75, 3.05) is 0 Å². The molecule has 2 rings (SSSR count). The summed E-state index contributed by atoms with van der Waals surface area (Å²) >= 11 is 0. The number of carbonyl (C=O) groups is 5. The van der Waals surface area contributed by atoms with Gasteiger partial charge in [-0.3, -0.25) is 24.0 Å². The molecule has 2 saturated carbocycles. The van der Waals surface area contributed by atoms with E-state index in [1.165, 1.54) is 0 Å². The van der Waals surface area contributed by atoms with Crippen LogP contribution in [0.4, 0.5) is 0 Å². The number of esters is 1. The van der Waals surface area contributed by atoms with Gasteiger partial charge in [0.1, 0.15) is 6.10 Å². The molecular formula is C28H40O7. The summed E-state index contributed by atoms with van der Waals surface area (Å²) in [5.74, 6) is -4.92. The van der Waals surface area contributed by atoms with Gasteiger partial charge >= 0.3 is 11.9 Å². The molecule has 7 heteroatoms. The number of carbonyl (C=O) groups excluding carboxylic acids is 4. The lowest BCUT2D eigenvalue weighted by molar-refractivity contribution is -0.156. The molecule has 2 aliphatic rings. The quantitative estimate of drug-likeness (QED) is 0.170. The molecular weight excluding hydrogens is 448 g/mol. The number of aliphatic carboxylic acids is 1. The largest absolute Gasteiger partial charge is 0.481 e. The molecule has 0 radical (unpaired) electrons. The van der Waals surface area contributed by atoms with Gasteiger partial charge in [0.15, 0.2) is 0 Å². The van der Waals surface area contributed by atoms with Crippen molar-refractivity contribution in [2.24, 2.45) is 29.1 Å². The SMILES string of the molecule is CCCCCC(C=CC1C2CC(C(=O)C(=O)C2=O)C1C=CCCCCC(=O)O)OC(=O)C(C)(C)C. The number of carboxylic acids is 1. The zero-order valence-electron chi connectivity index (χ0n) is 21.5. The zero-order valence-corrected chi connectivity index (χ0v) is 21.5. The standard InChI is InChI=1S/C28H40O7/c1-5-6-9-12-18(35-27(34)28(2,3)4)15-16-20-19(13-10-7-8-11-14-23(29)30)21-17-22(20)25(32)26(33)24(21)31/h10,13,15-16,18-22H,5-9,11-12,14,17H2,1-4H3,(H,29,30). The summed E-state index contributed by atoms with van der Waals surface area (Å²) in [4.78, 5) is 60.6. The number of hydrogen-bond donors (Lipinski definition) is 1. The molecule has 2 fully saturated rings. The maximum atomic E-state index is 12.6. The summed E-state index contributed by atoms with van der Waals surface area (Å²) in [7, 11) is 0. The minimum Gasteiger partial charge on any atom is -0.481 e. The lowest BCUT2D eigenvalue weighted by Gasteiger charge is -2.23. The number of ketones is 3. The molecule has 0 amide bonds. The summed E-state index contributed by atoms with van der Waals surface area (Å²) in [6.07, 6.45) is 13.1. The number of carboxylic acid groups (broad SMARTS) is 1. The molecule has 2 aliphatic carbocycles. The molecule has 2 bridgehead atoms. The van der Waals surface area contributed by atoms with Crippen LogP contribution in [-0.2, 0) is 28.7 Å². The van der Waals surface area contributed by atoms with Gasteiger partial charge in [0.2, 0.25) is 11.6 Å². The number of allylic oxidation sites excluding steroid dienone is 3. The van der Waals surface area contributed by atoms with Crippen LogP contribution in [0.5, 0.6) is 0 Å². The first-order chi connectivity index (χ1) is 16.5. The first-order valence-corrected chi connectivity index (χ1v) is 12.9. The van der Waals surface area contributed by atoms with E-state index in [2.05, 4.69) is 6.92 Å². The van der Waals surface area contributed by atoms with Crippen molar-refractivity contribution in [2.45, 2.75) is 91.6 Å². The van der Waals surface area contributed by atoms with E-state index >= 15 is 0 Å². The molecule has 5 unspecified atom stereocenters. The van der Waals surface area contributed by atoms with E-state index in [0.29, 0.717) is 32.1 Å². The fourth-order valence-corrected chi connectivity index (χ4v) is 4.82. The van der Waals surface area contributed by atoms with Crippen molar-refractivity contribution < 1.29 is 33.8 Å². The fourth-order valence-electron chi connectivity index (χ4n) is 4.82. The Morgan fingerprint density at radius 2 is 1.63 bits per heavy atom. The molecule has 1 N–H and O–H groups in total. The van der Waals surface area contributed by atoms with Crippen LogP contribution in [0.1, 0.15) is 85.5 Å². The third-order valence-electron chi connectivity index (χ3n) is 6.88. The van der Waals surface area contributed by atoms with Crippen molar-refractivity contribution in [3.63, 3.8) is 0 Å². The van der Waals surface area contributed by atoms with E-state index in [1.807, 2.05) is 24.3 Å². The summed E-state index contributed by atoms with van der Waals surface area (Å²) in [6.45, 7) is 7.50. The zero-order chi connectivity index (χ0) is 26.2. The lowest BCUT2D eigenvalue weighted by atomic mass is 9.84. The smallest absolute Gasteiger partial charge is 0.311 e. The average molecular weight is 489 g/mol. The first-order valence-electron chi connectivity index (χ1n) is 12.9. The number of unbranched alkanes of at least 4 members (excludes halogenated alkanes) is 4. The Balaban J connectivity index is 2.21. The van der Waals surface area contributed by atoms with E-state index in [4.69, 9.17) is 9.84 Å². The number of rotatable bonds is 13.